The van der Waals surface area contributed by atoms with E-state index in [4.69, 9.17) is 17.3 Å². The van der Waals surface area contributed by atoms with Crippen LogP contribution in [0.4, 0.5) is 10.1 Å². The average Bonchev–Trinajstić information content (AvgIpc) is 2.15. The van der Waals surface area contributed by atoms with Gasteiger partial charge in [0.2, 0.25) is 0 Å². The molecule has 0 amide bonds. The van der Waals surface area contributed by atoms with Gasteiger partial charge in [-0.1, -0.05) is 11.6 Å². The fraction of sp³-hybridized carbons (Fsp3) is 0.250. The number of nitrogens with two attached hydrogens (primary N) is 1. The molecule has 1 rings (SSSR count). The lowest BCUT2D eigenvalue weighted by molar-refractivity contribution is 0.0525. The Morgan fingerprint density at radius 1 is 1.73 bits per heavy atom. The molecule has 0 saturated carbocycles. The minimum Gasteiger partial charge on any atom is -0.462 e. The summed E-state index contributed by atoms with van der Waals surface area (Å²) in [5, 5.41) is -0.396. The predicted molar refractivity (Wildman–Crippen MR) is 57.3 cm³/mol. The van der Waals surface area contributed by atoms with Crippen molar-refractivity contribution in [2.45, 2.75) is 6.92 Å². The highest BCUT2D eigenvalue weighted by atomic mass is 79.9. The largest absolute Gasteiger partial charge is 0.462 e. The zero-order chi connectivity index (χ0) is 11.6. The van der Waals surface area contributed by atoms with Crippen molar-refractivity contribution in [1.82, 2.24) is 4.98 Å². The first-order valence-electron chi connectivity index (χ1n) is 3.96. The number of hydrogen-bond acceptors (Lipinski definition) is 4. The van der Waals surface area contributed by atoms with E-state index in [0.29, 0.717) is 0 Å². The van der Waals surface area contributed by atoms with Gasteiger partial charge in [-0.3, -0.25) is 0 Å². The number of rotatable bonds is 2. The van der Waals surface area contributed by atoms with Gasteiger partial charge in [0.05, 0.1) is 12.3 Å². The van der Waals surface area contributed by atoms with E-state index in [1.807, 2.05) is 0 Å². The Balaban J connectivity index is 3.29. The first-order valence-corrected chi connectivity index (χ1v) is 5.13. The van der Waals surface area contributed by atoms with Crippen molar-refractivity contribution in [2.75, 3.05) is 12.3 Å². The maximum absolute atomic E-state index is 13.2. The summed E-state index contributed by atoms with van der Waals surface area (Å²) in [6.07, 6.45) is 0. The van der Waals surface area contributed by atoms with Crippen LogP contribution in [0.15, 0.2) is 4.60 Å². The highest BCUT2D eigenvalue weighted by Gasteiger charge is 2.22. The van der Waals surface area contributed by atoms with Gasteiger partial charge in [0, 0.05) is 0 Å². The van der Waals surface area contributed by atoms with Crippen molar-refractivity contribution in [3.05, 3.63) is 21.1 Å². The second kappa shape index (κ2) is 4.76. The fourth-order valence-electron chi connectivity index (χ4n) is 0.921. The van der Waals surface area contributed by atoms with Crippen LogP contribution in [0.5, 0.6) is 0 Å². The van der Waals surface area contributed by atoms with E-state index in [-0.39, 0.29) is 22.5 Å². The van der Waals surface area contributed by atoms with Crippen LogP contribution in [0, 0.1) is 5.82 Å². The first kappa shape index (κ1) is 12.2. The minimum atomic E-state index is -0.928. The molecule has 0 unspecified atom stereocenters. The number of esters is 1. The number of nitrogen functional groups attached to an aromatic ring is 1. The quantitative estimate of drug-likeness (QED) is 0.672. The molecule has 0 aliphatic rings. The van der Waals surface area contributed by atoms with Gasteiger partial charge in [0.1, 0.15) is 10.2 Å². The third kappa shape index (κ3) is 2.38. The zero-order valence-corrected chi connectivity index (χ0v) is 10.0. The number of anilines is 1. The SMILES string of the molecule is CCOC(=O)c1c(Br)nc(Cl)c(F)c1N. The summed E-state index contributed by atoms with van der Waals surface area (Å²) in [6, 6.07) is 0. The molecule has 0 saturated heterocycles. The standard InChI is InChI=1S/C8H7BrClFN2O2/c1-2-15-8(14)3-5(12)4(11)7(10)13-6(3)9/h2H2,1H3,(H2,12,13). The van der Waals surface area contributed by atoms with E-state index in [0.717, 1.165) is 0 Å². The molecule has 1 aromatic heterocycles. The van der Waals surface area contributed by atoms with E-state index in [9.17, 15) is 9.18 Å². The molecule has 0 atom stereocenters. The Bertz CT molecular complexity index is 414. The van der Waals surface area contributed by atoms with Gasteiger partial charge in [-0.2, -0.15) is 0 Å². The third-order valence-corrected chi connectivity index (χ3v) is 2.39. The number of halogens is 3. The van der Waals surface area contributed by atoms with Gasteiger partial charge in [0.15, 0.2) is 11.0 Å². The van der Waals surface area contributed by atoms with Crippen LogP contribution in [0.1, 0.15) is 17.3 Å². The van der Waals surface area contributed by atoms with Crippen molar-refractivity contribution in [3.63, 3.8) is 0 Å². The Morgan fingerprint density at radius 2 is 2.33 bits per heavy atom. The summed E-state index contributed by atoms with van der Waals surface area (Å²) in [5.74, 6) is -1.67. The van der Waals surface area contributed by atoms with Crippen LogP contribution >= 0.6 is 27.5 Å². The van der Waals surface area contributed by atoms with Gasteiger partial charge in [-0.25, -0.2) is 14.2 Å². The van der Waals surface area contributed by atoms with E-state index in [2.05, 4.69) is 25.7 Å². The van der Waals surface area contributed by atoms with E-state index >= 15 is 0 Å². The Labute approximate surface area is 98.7 Å². The number of ether oxygens (including phenoxy) is 1. The molecule has 15 heavy (non-hydrogen) atoms. The van der Waals surface area contributed by atoms with E-state index in [1.54, 1.807) is 6.92 Å². The van der Waals surface area contributed by atoms with Gasteiger partial charge in [-0.05, 0) is 22.9 Å². The van der Waals surface area contributed by atoms with Gasteiger partial charge in [-0.15, -0.1) is 0 Å². The summed E-state index contributed by atoms with van der Waals surface area (Å²) in [7, 11) is 0. The van der Waals surface area contributed by atoms with E-state index in [1.165, 1.54) is 0 Å². The number of hydrogen-bond donors (Lipinski definition) is 1. The molecule has 0 aliphatic heterocycles. The maximum Gasteiger partial charge on any atom is 0.343 e. The van der Waals surface area contributed by atoms with E-state index < -0.39 is 16.9 Å². The fourth-order valence-corrected chi connectivity index (χ4v) is 1.76. The first-order chi connectivity index (χ1) is 6.99. The summed E-state index contributed by atoms with van der Waals surface area (Å²) in [4.78, 5) is 14.9. The van der Waals surface area contributed by atoms with Crippen LogP contribution in [0.2, 0.25) is 5.15 Å². The molecule has 0 spiro atoms. The Hall–Kier alpha value is -0.880. The molecule has 1 heterocycles. The maximum atomic E-state index is 13.2. The van der Waals surface area contributed by atoms with Crippen molar-refractivity contribution in [2.24, 2.45) is 0 Å². The average molecular weight is 298 g/mol. The number of carbonyl (C=O) groups is 1. The molecule has 1 aromatic rings. The monoisotopic (exact) mass is 296 g/mol. The second-order valence-electron chi connectivity index (χ2n) is 2.52. The number of pyridine rings is 1. The molecule has 4 nitrogen and oxygen atoms in total. The third-order valence-electron chi connectivity index (χ3n) is 1.57. The van der Waals surface area contributed by atoms with Crippen molar-refractivity contribution < 1.29 is 13.9 Å². The van der Waals surface area contributed by atoms with Crippen molar-refractivity contribution in [3.8, 4) is 0 Å². The van der Waals surface area contributed by atoms with Gasteiger partial charge >= 0.3 is 5.97 Å². The molecule has 0 bridgehead atoms. The molecule has 0 aromatic carbocycles. The molecule has 0 fully saturated rings. The summed E-state index contributed by atoms with van der Waals surface area (Å²) >= 11 is 8.38. The molecule has 0 radical (unpaired) electrons. The summed E-state index contributed by atoms with van der Waals surface area (Å²) in [5.41, 5.74) is 4.86. The minimum absolute atomic E-state index is 0.0600. The van der Waals surface area contributed by atoms with Crippen LogP contribution in [-0.4, -0.2) is 17.6 Å². The highest BCUT2D eigenvalue weighted by Crippen LogP contribution is 2.28. The predicted octanol–water partition coefficient (Wildman–Crippen LogP) is 2.40. The highest BCUT2D eigenvalue weighted by molar-refractivity contribution is 9.10. The lowest BCUT2D eigenvalue weighted by Gasteiger charge is -2.08. The van der Waals surface area contributed by atoms with Crippen LogP contribution in [0.3, 0.4) is 0 Å². The normalized spacial score (nSPS) is 10.1. The lowest BCUT2D eigenvalue weighted by atomic mass is 10.2. The summed E-state index contributed by atoms with van der Waals surface area (Å²) in [6.45, 7) is 1.79. The van der Waals surface area contributed by atoms with Crippen LogP contribution in [-0.2, 0) is 4.74 Å². The number of carbonyl (C=O) groups excluding carboxylic acids is 1. The molecule has 2 N–H and O–H groups in total. The number of aromatic nitrogens is 1. The molecular weight excluding hydrogens is 290 g/mol. The Morgan fingerprint density at radius 3 is 2.87 bits per heavy atom. The van der Waals surface area contributed by atoms with Gasteiger partial charge in [0.25, 0.3) is 0 Å². The molecule has 7 heteroatoms. The molecule has 82 valence electrons. The Kier molecular flexibility index (Phi) is 3.87. The van der Waals surface area contributed by atoms with Gasteiger partial charge < -0.3 is 10.5 Å². The topological polar surface area (TPSA) is 65.2 Å². The number of nitrogens with zero attached hydrogens (tertiary/aromatic N) is 1. The molecular formula is C8H7BrClFN2O2. The lowest BCUT2D eigenvalue weighted by Crippen LogP contribution is -2.12. The van der Waals surface area contributed by atoms with Crippen molar-refractivity contribution >= 4 is 39.2 Å². The van der Waals surface area contributed by atoms with Crippen LogP contribution < -0.4 is 5.73 Å². The van der Waals surface area contributed by atoms with Crippen molar-refractivity contribution in [1.29, 1.82) is 0 Å². The smallest absolute Gasteiger partial charge is 0.343 e. The second-order valence-corrected chi connectivity index (χ2v) is 3.63. The zero-order valence-electron chi connectivity index (χ0n) is 7.68. The summed E-state index contributed by atoms with van der Waals surface area (Å²) < 4.78 is 18.0. The van der Waals surface area contributed by atoms with Crippen LogP contribution in [0.25, 0.3) is 0 Å². The molecule has 0 aliphatic carbocycles.